The van der Waals surface area contributed by atoms with Gasteiger partial charge in [0.2, 0.25) is 5.78 Å². The Morgan fingerprint density at radius 2 is 2.14 bits per heavy atom. The minimum absolute atomic E-state index is 0.0199. The predicted molar refractivity (Wildman–Crippen MR) is 76.9 cm³/mol. The monoisotopic (exact) mass is 303 g/mol. The van der Waals surface area contributed by atoms with E-state index in [-0.39, 0.29) is 16.5 Å². The lowest BCUT2D eigenvalue weighted by Gasteiger charge is -2.00. The minimum atomic E-state index is -0.469. The van der Waals surface area contributed by atoms with Gasteiger partial charge in [-0.25, -0.2) is 0 Å². The zero-order chi connectivity index (χ0) is 15.0. The number of thiophene rings is 1. The summed E-state index contributed by atoms with van der Waals surface area (Å²) < 4.78 is 10.6. The summed E-state index contributed by atoms with van der Waals surface area (Å²) in [5.41, 5.74) is 0.423. The van der Waals surface area contributed by atoms with Gasteiger partial charge in [-0.3, -0.25) is 14.9 Å². The van der Waals surface area contributed by atoms with Gasteiger partial charge in [0.1, 0.15) is 11.5 Å². The largest absolute Gasteiger partial charge is 0.497 e. The van der Waals surface area contributed by atoms with E-state index in [1.807, 2.05) is 0 Å². The average Bonchev–Trinajstić information content (AvgIpc) is 3.05. The highest BCUT2D eigenvalue weighted by Crippen LogP contribution is 2.35. The summed E-state index contributed by atoms with van der Waals surface area (Å²) in [5.74, 6) is 0.909. The van der Waals surface area contributed by atoms with Gasteiger partial charge in [0.25, 0.3) is 0 Å². The Hall–Kier alpha value is -2.67. The molecule has 0 fully saturated rings. The van der Waals surface area contributed by atoms with Crippen LogP contribution < -0.4 is 9.47 Å². The molecule has 2 heterocycles. The third-order valence-electron chi connectivity index (χ3n) is 2.94. The molecule has 0 bridgehead atoms. The van der Waals surface area contributed by atoms with Crippen LogP contribution in [0.15, 0.2) is 36.1 Å². The van der Waals surface area contributed by atoms with E-state index in [4.69, 9.17) is 9.47 Å². The number of benzene rings is 1. The maximum atomic E-state index is 12.2. The molecule has 1 aliphatic heterocycles. The van der Waals surface area contributed by atoms with Gasteiger partial charge in [0.15, 0.2) is 5.76 Å². The number of ether oxygens (including phenoxy) is 2. The number of rotatable bonds is 3. The van der Waals surface area contributed by atoms with Crippen LogP contribution >= 0.6 is 11.3 Å². The highest BCUT2D eigenvalue weighted by Gasteiger charge is 2.28. The number of nitrogens with zero attached hydrogens (tertiary/aromatic N) is 1. The molecular weight excluding hydrogens is 294 g/mol. The van der Waals surface area contributed by atoms with Gasteiger partial charge in [0.05, 0.1) is 17.6 Å². The number of methoxy groups -OCH3 is 1. The third kappa shape index (κ3) is 2.38. The zero-order valence-electron chi connectivity index (χ0n) is 10.9. The first-order valence-electron chi connectivity index (χ1n) is 5.95. The van der Waals surface area contributed by atoms with Crippen molar-refractivity contribution in [2.75, 3.05) is 7.11 Å². The summed E-state index contributed by atoms with van der Waals surface area (Å²) in [6, 6.07) is 7.94. The minimum Gasteiger partial charge on any atom is -0.497 e. The van der Waals surface area contributed by atoms with E-state index >= 15 is 0 Å². The van der Waals surface area contributed by atoms with Crippen molar-refractivity contribution in [2.24, 2.45) is 0 Å². The van der Waals surface area contributed by atoms with Gasteiger partial charge in [-0.05, 0) is 24.3 Å². The smallest absolute Gasteiger partial charge is 0.324 e. The second kappa shape index (κ2) is 5.02. The molecule has 21 heavy (non-hydrogen) atoms. The number of allylic oxidation sites excluding steroid dienone is 1. The van der Waals surface area contributed by atoms with Crippen molar-refractivity contribution in [3.63, 3.8) is 0 Å². The van der Waals surface area contributed by atoms with Crippen molar-refractivity contribution >= 4 is 28.2 Å². The first-order chi connectivity index (χ1) is 10.1. The van der Waals surface area contributed by atoms with E-state index in [1.165, 1.54) is 19.3 Å². The predicted octanol–water partition coefficient (Wildman–Crippen LogP) is 3.28. The maximum Gasteiger partial charge on any atom is 0.324 e. The Labute approximate surface area is 123 Å². The van der Waals surface area contributed by atoms with Crippen LogP contribution in [0, 0.1) is 10.1 Å². The van der Waals surface area contributed by atoms with Crippen LogP contribution in [-0.4, -0.2) is 17.8 Å². The van der Waals surface area contributed by atoms with E-state index in [2.05, 4.69) is 0 Å². The average molecular weight is 303 g/mol. The van der Waals surface area contributed by atoms with E-state index in [0.717, 1.165) is 11.3 Å². The van der Waals surface area contributed by atoms with Crippen molar-refractivity contribution in [1.82, 2.24) is 0 Å². The van der Waals surface area contributed by atoms with Crippen LogP contribution in [0.25, 0.3) is 6.08 Å². The van der Waals surface area contributed by atoms with Crippen LogP contribution in [0.1, 0.15) is 15.2 Å². The molecule has 7 heteroatoms. The molecule has 1 aromatic carbocycles. The number of nitro groups is 1. The molecule has 2 aromatic rings. The van der Waals surface area contributed by atoms with E-state index in [1.54, 1.807) is 24.3 Å². The first-order valence-corrected chi connectivity index (χ1v) is 6.76. The molecule has 1 aliphatic rings. The molecular formula is C14H9NO5S. The van der Waals surface area contributed by atoms with Crippen LogP contribution in [0.5, 0.6) is 11.5 Å². The Balaban J connectivity index is 1.93. The second-order valence-electron chi connectivity index (χ2n) is 4.23. The summed E-state index contributed by atoms with van der Waals surface area (Å²) in [5, 5.41) is 10.7. The number of carbonyl (C=O) groups is 1. The first kappa shape index (κ1) is 13.3. The maximum absolute atomic E-state index is 12.2. The summed E-state index contributed by atoms with van der Waals surface area (Å²) in [6.07, 6.45) is 1.51. The molecule has 6 nitrogen and oxygen atoms in total. The highest BCUT2D eigenvalue weighted by molar-refractivity contribution is 7.16. The zero-order valence-corrected chi connectivity index (χ0v) is 11.7. The Kier molecular flexibility index (Phi) is 3.19. The van der Waals surface area contributed by atoms with Crippen LogP contribution in [0.4, 0.5) is 5.00 Å². The summed E-state index contributed by atoms with van der Waals surface area (Å²) in [4.78, 5) is 23.0. The number of Topliss-reactive ketones (excluding diaryl/α,β-unsaturated/α-hetero) is 1. The second-order valence-corrected chi connectivity index (χ2v) is 5.33. The molecule has 0 saturated heterocycles. The topological polar surface area (TPSA) is 78.7 Å². The van der Waals surface area contributed by atoms with Crippen molar-refractivity contribution in [2.45, 2.75) is 0 Å². The van der Waals surface area contributed by atoms with Crippen LogP contribution in [0.3, 0.4) is 0 Å². The summed E-state index contributed by atoms with van der Waals surface area (Å²) in [6.45, 7) is 0. The van der Waals surface area contributed by atoms with Gasteiger partial charge in [0, 0.05) is 17.0 Å². The molecule has 3 rings (SSSR count). The molecule has 106 valence electrons. The van der Waals surface area contributed by atoms with Gasteiger partial charge < -0.3 is 9.47 Å². The van der Waals surface area contributed by atoms with Gasteiger partial charge in [-0.1, -0.05) is 11.3 Å². The standard InChI is InChI=1S/C14H9NO5S/c1-19-8-2-4-11-10(6-8)14(16)12(20-11)7-9-3-5-13(21-9)15(17)18/h2-7H,1H3/b12-7-. The van der Waals surface area contributed by atoms with Crippen molar-refractivity contribution in [3.05, 3.63) is 56.6 Å². The molecule has 0 unspecified atom stereocenters. The van der Waals surface area contributed by atoms with E-state index in [0.29, 0.717) is 21.9 Å². The lowest BCUT2D eigenvalue weighted by Crippen LogP contribution is -1.97. The fourth-order valence-electron chi connectivity index (χ4n) is 1.94. The van der Waals surface area contributed by atoms with Crippen molar-refractivity contribution in [1.29, 1.82) is 0 Å². The normalized spacial score (nSPS) is 14.9. The van der Waals surface area contributed by atoms with Crippen LogP contribution in [0.2, 0.25) is 0 Å². The number of carbonyl (C=O) groups excluding carboxylic acids is 1. The van der Waals surface area contributed by atoms with E-state index < -0.39 is 4.92 Å². The van der Waals surface area contributed by atoms with Gasteiger partial charge >= 0.3 is 5.00 Å². The van der Waals surface area contributed by atoms with Crippen molar-refractivity contribution in [3.8, 4) is 11.5 Å². The molecule has 1 aromatic heterocycles. The van der Waals surface area contributed by atoms with Crippen molar-refractivity contribution < 1.29 is 19.2 Å². The Morgan fingerprint density at radius 1 is 1.33 bits per heavy atom. The molecule has 0 atom stereocenters. The fraction of sp³-hybridized carbons (Fsp3) is 0.0714. The molecule has 0 amide bonds. The van der Waals surface area contributed by atoms with E-state index in [9.17, 15) is 14.9 Å². The Bertz CT molecular complexity index is 777. The third-order valence-corrected chi connectivity index (χ3v) is 3.92. The quantitative estimate of drug-likeness (QED) is 0.494. The lowest BCUT2D eigenvalue weighted by molar-refractivity contribution is -0.380. The Morgan fingerprint density at radius 3 is 2.81 bits per heavy atom. The summed E-state index contributed by atoms with van der Waals surface area (Å²) in [7, 11) is 1.52. The molecule has 0 aliphatic carbocycles. The molecule has 0 N–H and O–H groups in total. The number of hydrogen-bond donors (Lipinski definition) is 0. The molecule has 0 spiro atoms. The SMILES string of the molecule is COc1ccc2c(c1)C(=O)/C(=C/c1ccc([N+](=O)[O-])s1)O2. The van der Waals surface area contributed by atoms with Gasteiger partial charge in [-0.15, -0.1) is 0 Å². The van der Waals surface area contributed by atoms with Crippen LogP contribution in [-0.2, 0) is 0 Å². The van der Waals surface area contributed by atoms with Gasteiger partial charge in [-0.2, -0.15) is 0 Å². The fourth-order valence-corrected chi connectivity index (χ4v) is 2.70. The summed E-state index contributed by atoms with van der Waals surface area (Å²) >= 11 is 0.984. The number of hydrogen-bond acceptors (Lipinski definition) is 6. The number of fused-ring (bicyclic) bond motifs is 1. The highest BCUT2D eigenvalue weighted by atomic mass is 32.1. The number of ketones is 1. The lowest BCUT2D eigenvalue weighted by atomic mass is 10.1. The molecule has 0 radical (unpaired) electrons. The molecule has 0 saturated carbocycles.